The normalized spacial score (nSPS) is 12.7. The van der Waals surface area contributed by atoms with E-state index in [0.717, 1.165) is 10.9 Å². The zero-order valence-corrected chi connectivity index (χ0v) is 13.8. The Labute approximate surface area is 133 Å². The number of rotatable bonds is 4. The van der Waals surface area contributed by atoms with Crippen molar-refractivity contribution in [1.29, 1.82) is 0 Å². The molecule has 0 spiro atoms. The first-order valence-electron chi connectivity index (χ1n) is 7.00. The molecule has 1 atom stereocenters. The number of benzene rings is 2. The van der Waals surface area contributed by atoms with E-state index in [0.29, 0.717) is 6.04 Å². The fourth-order valence-electron chi connectivity index (χ4n) is 2.65. The Kier molecular flexibility index (Phi) is 4.08. The van der Waals surface area contributed by atoms with Gasteiger partial charge in [0, 0.05) is 23.8 Å². The maximum atomic E-state index is 4.24. The van der Waals surface area contributed by atoms with E-state index in [-0.39, 0.29) is 0 Å². The van der Waals surface area contributed by atoms with Crippen molar-refractivity contribution in [3.63, 3.8) is 0 Å². The van der Waals surface area contributed by atoms with Gasteiger partial charge in [-0.3, -0.25) is 4.68 Å². The standard InChI is InChI=1S/C17H18BrN3/c1-19-17(7-12-10-20-21(2)11-12)15-4-3-14-9-16(18)6-5-13(14)8-15/h3-6,8-11,17,19H,7H2,1-2H3. The van der Waals surface area contributed by atoms with Crippen LogP contribution in [0.5, 0.6) is 0 Å². The summed E-state index contributed by atoms with van der Waals surface area (Å²) >= 11 is 3.52. The molecule has 3 nitrogen and oxygen atoms in total. The fourth-order valence-corrected chi connectivity index (χ4v) is 3.03. The Hall–Kier alpha value is -1.65. The Morgan fingerprint density at radius 3 is 2.67 bits per heavy atom. The van der Waals surface area contributed by atoms with Gasteiger partial charge < -0.3 is 5.32 Å². The number of likely N-dealkylation sites (N-methyl/N-ethyl adjacent to an activating group) is 1. The predicted octanol–water partition coefficient (Wildman–Crippen LogP) is 3.84. The van der Waals surface area contributed by atoms with Crippen molar-refractivity contribution < 1.29 is 0 Å². The van der Waals surface area contributed by atoms with Gasteiger partial charge >= 0.3 is 0 Å². The van der Waals surface area contributed by atoms with Crippen molar-refractivity contribution in [3.8, 4) is 0 Å². The number of aromatic nitrogens is 2. The van der Waals surface area contributed by atoms with E-state index >= 15 is 0 Å². The molecule has 0 bridgehead atoms. The molecule has 3 rings (SSSR count). The van der Waals surface area contributed by atoms with Gasteiger partial charge in [0.15, 0.2) is 0 Å². The predicted molar refractivity (Wildman–Crippen MR) is 90.4 cm³/mol. The minimum atomic E-state index is 0.294. The molecule has 0 aliphatic heterocycles. The molecule has 1 N–H and O–H groups in total. The van der Waals surface area contributed by atoms with E-state index in [2.05, 4.69) is 68.9 Å². The van der Waals surface area contributed by atoms with Gasteiger partial charge in [0.05, 0.1) is 6.20 Å². The summed E-state index contributed by atoms with van der Waals surface area (Å²) in [4.78, 5) is 0. The van der Waals surface area contributed by atoms with Gasteiger partial charge in [0.2, 0.25) is 0 Å². The second-order valence-electron chi connectivity index (χ2n) is 5.32. The second kappa shape index (κ2) is 6.00. The summed E-state index contributed by atoms with van der Waals surface area (Å²) < 4.78 is 2.96. The summed E-state index contributed by atoms with van der Waals surface area (Å²) in [6, 6.07) is 13.3. The number of fused-ring (bicyclic) bond motifs is 1. The molecule has 1 aromatic heterocycles. The van der Waals surface area contributed by atoms with E-state index < -0.39 is 0 Å². The molecule has 0 saturated carbocycles. The van der Waals surface area contributed by atoms with Gasteiger partial charge in [-0.15, -0.1) is 0 Å². The van der Waals surface area contributed by atoms with Crippen molar-refractivity contribution in [2.75, 3.05) is 7.05 Å². The number of hydrogen-bond donors (Lipinski definition) is 1. The minimum Gasteiger partial charge on any atom is -0.313 e. The van der Waals surface area contributed by atoms with Crippen LogP contribution in [0.2, 0.25) is 0 Å². The van der Waals surface area contributed by atoms with Crippen LogP contribution in [0.25, 0.3) is 10.8 Å². The maximum absolute atomic E-state index is 4.24. The largest absolute Gasteiger partial charge is 0.313 e. The topological polar surface area (TPSA) is 29.9 Å². The van der Waals surface area contributed by atoms with Crippen LogP contribution in [0.1, 0.15) is 17.2 Å². The highest BCUT2D eigenvalue weighted by atomic mass is 79.9. The maximum Gasteiger partial charge on any atom is 0.0522 e. The molecular formula is C17H18BrN3. The molecule has 0 aliphatic rings. The molecular weight excluding hydrogens is 326 g/mol. The summed E-state index contributed by atoms with van der Waals surface area (Å²) in [5, 5.41) is 10.2. The van der Waals surface area contributed by atoms with E-state index in [9.17, 15) is 0 Å². The average Bonchev–Trinajstić information content (AvgIpc) is 2.89. The fraction of sp³-hybridized carbons (Fsp3) is 0.235. The first-order valence-corrected chi connectivity index (χ1v) is 7.79. The van der Waals surface area contributed by atoms with E-state index in [1.807, 2.05) is 25.0 Å². The number of aryl methyl sites for hydroxylation is 1. The highest BCUT2D eigenvalue weighted by Gasteiger charge is 2.11. The molecule has 0 radical (unpaired) electrons. The molecule has 3 aromatic rings. The second-order valence-corrected chi connectivity index (χ2v) is 6.23. The molecule has 108 valence electrons. The lowest BCUT2D eigenvalue weighted by molar-refractivity contribution is 0.592. The molecule has 1 heterocycles. The SMILES string of the molecule is CNC(Cc1cnn(C)c1)c1ccc2cc(Br)ccc2c1. The number of halogens is 1. The molecule has 0 amide bonds. The van der Waals surface area contributed by atoms with Crippen LogP contribution < -0.4 is 5.32 Å². The summed E-state index contributed by atoms with van der Waals surface area (Å²) in [7, 11) is 3.96. The monoisotopic (exact) mass is 343 g/mol. The van der Waals surface area contributed by atoms with Gasteiger partial charge in [-0.05, 0) is 53.6 Å². The van der Waals surface area contributed by atoms with Crippen LogP contribution in [0.15, 0.2) is 53.3 Å². The average molecular weight is 344 g/mol. The van der Waals surface area contributed by atoms with Gasteiger partial charge in [-0.25, -0.2) is 0 Å². The molecule has 2 aromatic carbocycles. The van der Waals surface area contributed by atoms with Gasteiger partial charge in [-0.1, -0.05) is 34.1 Å². The Bertz CT molecular complexity index is 764. The summed E-state index contributed by atoms with van der Waals surface area (Å²) in [5.41, 5.74) is 2.55. The molecule has 0 saturated heterocycles. The smallest absolute Gasteiger partial charge is 0.0522 e. The first-order chi connectivity index (χ1) is 10.2. The zero-order chi connectivity index (χ0) is 14.8. The van der Waals surface area contributed by atoms with Crippen molar-refractivity contribution in [2.24, 2.45) is 7.05 Å². The van der Waals surface area contributed by atoms with Crippen molar-refractivity contribution in [2.45, 2.75) is 12.5 Å². The van der Waals surface area contributed by atoms with Crippen molar-refractivity contribution >= 4 is 26.7 Å². The third-order valence-corrected chi connectivity index (χ3v) is 4.27. The third-order valence-electron chi connectivity index (χ3n) is 3.78. The summed E-state index contributed by atoms with van der Waals surface area (Å²) in [6.07, 6.45) is 4.94. The lowest BCUT2D eigenvalue weighted by atomic mass is 9.98. The van der Waals surface area contributed by atoms with Crippen LogP contribution in [-0.2, 0) is 13.5 Å². The Morgan fingerprint density at radius 2 is 1.95 bits per heavy atom. The zero-order valence-electron chi connectivity index (χ0n) is 12.2. The van der Waals surface area contributed by atoms with Gasteiger partial charge in [0.25, 0.3) is 0 Å². The number of nitrogens with one attached hydrogen (secondary N) is 1. The van der Waals surface area contributed by atoms with Crippen LogP contribution in [0, 0.1) is 0 Å². The van der Waals surface area contributed by atoms with Crippen molar-refractivity contribution in [1.82, 2.24) is 15.1 Å². The van der Waals surface area contributed by atoms with Crippen LogP contribution in [0.3, 0.4) is 0 Å². The van der Waals surface area contributed by atoms with E-state index in [4.69, 9.17) is 0 Å². The van der Waals surface area contributed by atoms with E-state index in [1.54, 1.807) is 0 Å². The lowest BCUT2D eigenvalue weighted by Gasteiger charge is -2.16. The van der Waals surface area contributed by atoms with Gasteiger partial charge in [0.1, 0.15) is 0 Å². The molecule has 0 fully saturated rings. The Morgan fingerprint density at radius 1 is 1.19 bits per heavy atom. The summed E-state index contributed by atoms with van der Waals surface area (Å²) in [6.45, 7) is 0. The Balaban J connectivity index is 1.91. The molecule has 1 unspecified atom stereocenters. The van der Waals surface area contributed by atoms with Crippen molar-refractivity contribution in [3.05, 3.63) is 64.4 Å². The minimum absolute atomic E-state index is 0.294. The lowest BCUT2D eigenvalue weighted by Crippen LogP contribution is -2.18. The molecule has 4 heteroatoms. The van der Waals surface area contributed by atoms with Crippen LogP contribution in [0.4, 0.5) is 0 Å². The molecule has 0 aliphatic carbocycles. The highest BCUT2D eigenvalue weighted by Crippen LogP contribution is 2.25. The van der Waals surface area contributed by atoms with Crippen LogP contribution in [-0.4, -0.2) is 16.8 Å². The molecule has 21 heavy (non-hydrogen) atoms. The first kappa shape index (κ1) is 14.3. The highest BCUT2D eigenvalue weighted by molar-refractivity contribution is 9.10. The number of nitrogens with zero attached hydrogens (tertiary/aromatic N) is 2. The van der Waals surface area contributed by atoms with Gasteiger partial charge in [-0.2, -0.15) is 5.10 Å². The van der Waals surface area contributed by atoms with E-state index in [1.165, 1.54) is 21.9 Å². The number of hydrogen-bond acceptors (Lipinski definition) is 2. The summed E-state index contributed by atoms with van der Waals surface area (Å²) in [5.74, 6) is 0. The quantitative estimate of drug-likeness (QED) is 0.779. The van der Waals surface area contributed by atoms with Crippen LogP contribution >= 0.6 is 15.9 Å². The third kappa shape index (κ3) is 3.17.